The lowest BCUT2D eigenvalue weighted by Crippen LogP contribution is -2.41. The maximum atomic E-state index is 12.6. The van der Waals surface area contributed by atoms with Gasteiger partial charge >= 0.3 is 6.18 Å². The summed E-state index contributed by atoms with van der Waals surface area (Å²) in [4.78, 5) is 1.25. The molecule has 120 valence electrons. The van der Waals surface area contributed by atoms with Gasteiger partial charge in [0.2, 0.25) is 0 Å². The maximum Gasteiger partial charge on any atom is 0.401 e. The van der Waals surface area contributed by atoms with Crippen molar-refractivity contribution in [2.45, 2.75) is 52.9 Å². The molecule has 1 aromatic carbocycles. The number of halogens is 3. The zero-order chi connectivity index (χ0) is 16.4. The first kappa shape index (κ1) is 18.0. The molecule has 21 heavy (non-hydrogen) atoms. The van der Waals surface area contributed by atoms with Crippen molar-refractivity contribution in [3.8, 4) is 0 Å². The Kier molecular flexibility index (Phi) is 5.82. The molecular formula is C16H24F3NO. The molecule has 0 saturated carbocycles. The van der Waals surface area contributed by atoms with E-state index in [-0.39, 0.29) is 12.6 Å². The third kappa shape index (κ3) is 5.32. The summed E-state index contributed by atoms with van der Waals surface area (Å²) in [5.74, 6) is 0. The van der Waals surface area contributed by atoms with E-state index in [2.05, 4.69) is 0 Å². The molecule has 0 radical (unpaired) electrons. The predicted molar refractivity (Wildman–Crippen MR) is 78.4 cm³/mol. The Morgan fingerprint density at radius 1 is 1.10 bits per heavy atom. The van der Waals surface area contributed by atoms with Crippen molar-refractivity contribution in [2.75, 3.05) is 13.1 Å². The molecule has 0 aromatic heterocycles. The zero-order valence-corrected chi connectivity index (χ0v) is 13.3. The van der Waals surface area contributed by atoms with Crippen LogP contribution in [0, 0.1) is 20.8 Å². The molecule has 1 rings (SSSR count). The minimum absolute atomic E-state index is 0.0259. The van der Waals surface area contributed by atoms with Crippen LogP contribution >= 0.6 is 0 Å². The first-order valence-corrected chi connectivity index (χ1v) is 7.08. The number of aryl methyl sites for hydroxylation is 3. The van der Waals surface area contributed by atoms with Crippen LogP contribution in [0.5, 0.6) is 0 Å². The monoisotopic (exact) mass is 303 g/mol. The molecule has 1 atom stereocenters. The van der Waals surface area contributed by atoms with E-state index in [1.165, 1.54) is 4.90 Å². The normalized spacial score (nSPS) is 14.0. The van der Waals surface area contributed by atoms with E-state index in [1.807, 2.05) is 32.9 Å². The molecular weight excluding hydrogens is 279 g/mol. The van der Waals surface area contributed by atoms with Gasteiger partial charge in [-0.25, -0.2) is 0 Å². The van der Waals surface area contributed by atoms with Gasteiger partial charge in [-0.15, -0.1) is 0 Å². The molecule has 5 heteroatoms. The van der Waals surface area contributed by atoms with Gasteiger partial charge in [-0.05, 0) is 51.3 Å². The molecule has 0 bridgehead atoms. The average molecular weight is 303 g/mol. The second-order valence-corrected chi connectivity index (χ2v) is 5.97. The highest BCUT2D eigenvalue weighted by Gasteiger charge is 2.33. The van der Waals surface area contributed by atoms with Crippen LogP contribution in [-0.4, -0.2) is 35.3 Å². The fourth-order valence-electron chi connectivity index (χ4n) is 2.72. The smallest absolute Gasteiger partial charge is 0.387 e. The lowest BCUT2D eigenvalue weighted by molar-refractivity contribution is -0.152. The summed E-state index contributed by atoms with van der Waals surface area (Å²) in [7, 11) is 0. The fourth-order valence-corrected chi connectivity index (χ4v) is 2.72. The number of aliphatic hydroxyl groups excluding tert-OH is 1. The van der Waals surface area contributed by atoms with Gasteiger partial charge in [-0.1, -0.05) is 17.7 Å². The average Bonchev–Trinajstić information content (AvgIpc) is 2.24. The number of nitrogens with zero attached hydrogens (tertiary/aromatic N) is 1. The summed E-state index contributed by atoms with van der Waals surface area (Å²) in [5, 5.41) is 10.4. The SMILES string of the molecule is Cc1cc(C)c(C(O)CN(CC(F)(F)F)C(C)C)c(C)c1. The number of rotatable bonds is 5. The summed E-state index contributed by atoms with van der Waals surface area (Å²) >= 11 is 0. The molecule has 0 aliphatic heterocycles. The van der Waals surface area contributed by atoms with Gasteiger partial charge in [0.15, 0.2) is 0 Å². The first-order chi connectivity index (χ1) is 9.51. The Hall–Kier alpha value is -1.07. The molecule has 2 nitrogen and oxygen atoms in total. The predicted octanol–water partition coefficient (Wildman–Crippen LogP) is 3.92. The van der Waals surface area contributed by atoms with E-state index in [1.54, 1.807) is 13.8 Å². The lowest BCUT2D eigenvalue weighted by Gasteiger charge is -2.30. The van der Waals surface area contributed by atoms with Crippen molar-refractivity contribution in [3.05, 3.63) is 34.4 Å². The van der Waals surface area contributed by atoms with Crippen LogP contribution in [-0.2, 0) is 0 Å². The van der Waals surface area contributed by atoms with E-state index in [4.69, 9.17) is 0 Å². The van der Waals surface area contributed by atoms with Crippen LogP contribution in [0.1, 0.15) is 42.2 Å². The fraction of sp³-hybridized carbons (Fsp3) is 0.625. The number of alkyl halides is 3. The standard InChI is InChI=1S/C16H24F3NO/c1-10(2)20(9-16(17,18)19)8-14(21)15-12(4)6-11(3)7-13(15)5/h6-7,10,14,21H,8-9H2,1-5H3. The van der Waals surface area contributed by atoms with Crippen molar-refractivity contribution in [2.24, 2.45) is 0 Å². The Morgan fingerprint density at radius 3 is 1.95 bits per heavy atom. The zero-order valence-electron chi connectivity index (χ0n) is 13.3. The topological polar surface area (TPSA) is 23.5 Å². The Morgan fingerprint density at radius 2 is 1.57 bits per heavy atom. The van der Waals surface area contributed by atoms with E-state index >= 15 is 0 Å². The summed E-state index contributed by atoms with van der Waals surface area (Å²) in [6.45, 7) is 8.08. The molecule has 1 N–H and O–H groups in total. The van der Waals surface area contributed by atoms with E-state index in [0.29, 0.717) is 0 Å². The minimum Gasteiger partial charge on any atom is -0.387 e. The molecule has 0 heterocycles. The second kappa shape index (κ2) is 6.79. The van der Waals surface area contributed by atoms with Gasteiger partial charge in [0.1, 0.15) is 0 Å². The van der Waals surface area contributed by atoms with Crippen molar-refractivity contribution < 1.29 is 18.3 Å². The maximum absolute atomic E-state index is 12.6. The van der Waals surface area contributed by atoms with Crippen LogP contribution < -0.4 is 0 Å². The number of benzene rings is 1. The molecule has 0 fully saturated rings. The molecule has 0 spiro atoms. The largest absolute Gasteiger partial charge is 0.401 e. The molecule has 1 aromatic rings. The Balaban J connectivity index is 2.95. The van der Waals surface area contributed by atoms with E-state index in [9.17, 15) is 18.3 Å². The number of hydrogen-bond acceptors (Lipinski definition) is 2. The highest BCUT2D eigenvalue weighted by atomic mass is 19.4. The van der Waals surface area contributed by atoms with Gasteiger partial charge in [0, 0.05) is 12.6 Å². The minimum atomic E-state index is -4.26. The molecule has 0 amide bonds. The highest BCUT2D eigenvalue weighted by Crippen LogP contribution is 2.26. The van der Waals surface area contributed by atoms with Crippen molar-refractivity contribution in [1.29, 1.82) is 0 Å². The van der Waals surface area contributed by atoms with Crippen LogP contribution in [0.15, 0.2) is 12.1 Å². The van der Waals surface area contributed by atoms with Crippen LogP contribution in [0.4, 0.5) is 13.2 Å². The second-order valence-electron chi connectivity index (χ2n) is 5.97. The van der Waals surface area contributed by atoms with Crippen molar-refractivity contribution in [1.82, 2.24) is 4.90 Å². The molecule has 0 aliphatic rings. The summed E-state index contributed by atoms with van der Waals surface area (Å²) in [6, 6.07) is 3.59. The highest BCUT2D eigenvalue weighted by molar-refractivity contribution is 5.39. The van der Waals surface area contributed by atoms with Crippen molar-refractivity contribution >= 4 is 0 Å². The number of aliphatic hydroxyl groups is 1. The van der Waals surface area contributed by atoms with Crippen LogP contribution in [0.25, 0.3) is 0 Å². The summed E-state index contributed by atoms with van der Waals surface area (Å²) in [5.41, 5.74) is 3.64. The van der Waals surface area contributed by atoms with Crippen LogP contribution in [0.2, 0.25) is 0 Å². The van der Waals surface area contributed by atoms with Gasteiger partial charge < -0.3 is 5.11 Å². The molecule has 1 unspecified atom stereocenters. The Bertz CT molecular complexity index is 460. The van der Waals surface area contributed by atoms with E-state index in [0.717, 1.165) is 22.3 Å². The van der Waals surface area contributed by atoms with E-state index < -0.39 is 18.8 Å². The third-order valence-corrected chi connectivity index (χ3v) is 3.59. The van der Waals surface area contributed by atoms with Crippen LogP contribution in [0.3, 0.4) is 0 Å². The van der Waals surface area contributed by atoms with Gasteiger partial charge in [0.05, 0.1) is 12.6 Å². The molecule has 0 saturated heterocycles. The third-order valence-electron chi connectivity index (χ3n) is 3.59. The van der Waals surface area contributed by atoms with Crippen molar-refractivity contribution in [3.63, 3.8) is 0 Å². The van der Waals surface area contributed by atoms with Gasteiger partial charge in [0.25, 0.3) is 0 Å². The summed E-state index contributed by atoms with van der Waals surface area (Å²) in [6.07, 6.45) is -5.18. The Labute approximate surface area is 124 Å². The molecule has 0 aliphatic carbocycles. The first-order valence-electron chi connectivity index (χ1n) is 7.08. The summed E-state index contributed by atoms with van der Waals surface area (Å²) < 4.78 is 37.8. The quantitative estimate of drug-likeness (QED) is 0.891. The van der Waals surface area contributed by atoms with Gasteiger partial charge in [-0.3, -0.25) is 4.90 Å². The number of hydrogen-bond donors (Lipinski definition) is 1. The van der Waals surface area contributed by atoms with Gasteiger partial charge in [-0.2, -0.15) is 13.2 Å². The lowest BCUT2D eigenvalue weighted by atomic mass is 9.95.